The number of aryl methyl sites for hydroxylation is 1. The fourth-order valence-electron chi connectivity index (χ4n) is 1.85. The smallest absolute Gasteiger partial charge is 0.252 e. The van der Waals surface area contributed by atoms with Crippen molar-refractivity contribution in [3.8, 4) is 0 Å². The van der Waals surface area contributed by atoms with E-state index in [0.29, 0.717) is 44.2 Å². The Hall–Kier alpha value is -1.40. The third-order valence-corrected chi connectivity index (χ3v) is 2.88. The highest BCUT2D eigenvalue weighted by Crippen LogP contribution is 2.20. The first-order valence-electron chi connectivity index (χ1n) is 5.69. The minimum absolute atomic E-state index is 0.195. The van der Waals surface area contributed by atoms with Gasteiger partial charge in [0.15, 0.2) is 0 Å². The molecular weight excluding hydrogens is 222 g/mol. The number of aromatic nitrogens is 2. The van der Waals surface area contributed by atoms with Gasteiger partial charge in [-0.15, -0.1) is 0 Å². The van der Waals surface area contributed by atoms with Crippen molar-refractivity contribution in [2.24, 2.45) is 0 Å². The molecule has 0 amide bonds. The lowest BCUT2D eigenvalue weighted by atomic mass is 9.94. The molecule has 1 saturated heterocycles. The van der Waals surface area contributed by atoms with Crippen LogP contribution in [0.2, 0.25) is 0 Å². The van der Waals surface area contributed by atoms with Crippen LogP contribution in [0.25, 0.3) is 0 Å². The lowest BCUT2D eigenvalue weighted by Gasteiger charge is -2.32. The Balaban J connectivity index is 1.99. The number of aromatic amines is 1. The predicted octanol–water partition coefficient (Wildman–Crippen LogP) is 0.0317. The molecule has 94 valence electrons. The Morgan fingerprint density at radius 1 is 1.59 bits per heavy atom. The maximum Gasteiger partial charge on any atom is 0.252 e. The van der Waals surface area contributed by atoms with Crippen molar-refractivity contribution in [3.05, 3.63) is 22.2 Å². The number of aliphatic hydroxyl groups is 1. The highest BCUT2D eigenvalue weighted by molar-refractivity contribution is 5.33. The van der Waals surface area contributed by atoms with Crippen LogP contribution in [-0.2, 0) is 4.74 Å². The molecule has 1 aliphatic rings. The fraction of sp³-hybridized carbons (Fsp3) is 0.636. The van der Waals surface area contributed by atoms with Crippen LogP contribution < -0.4 is 10.9 Å². The average Bonchev–Trinajstić information content (AvgIpc) is 2.26. The van der Waals surface area contributed by atoms with E-state index in [1.165, 1.54) is 6.07 Å². The largest absolute Gasteiger partial charge is 0.388 e. The Morgan fingerprint density at radius 3 is 2.94 bits per heavy atom. The van der Waals surface area contributed by atoms with E-state index < -0.39 is 5.60 Å². The summed E-state index contributed by atoms with van der Waals surface area (Å²) in [6, 6.07) is 1.38. The van der Waals surface area contributed by atoms with Crippen LogP contribution in [0.3, 0.4) is 0 Å². The molecule has 0 atom stereocenters. The molecule has 0 radical (unpaired) electrons. The lowest BCUT2D eigenvalue weighted by Crippen LogP contribution is -2.42. The van der Waals surface area contributed by atoms with Crippen molar-refractivity contribution in [3.63, 3.8) is 0 Å². The van der Waals surface area contributed by atoms with Crippen molar-refractivity contribution < 1.29 is 9.84 Å². The molecule has 1 aromatic rings. The first kappa shape index (κ1) is 12.1. The summed E-state index contributed by atoms with van der Waals surface area (Å²) < 4.78 is 5.20. The SMILES string of the molecule is Cc1nc(NCC2(O)CCOCC2)cc(=O)[nH]1. The minimum Gasteiger partial charge on any atom is -0.388 e. The summed E-state index contributed by atoms with van der Waals surface area (Å²) >= 11 is 0. The van der Waals surface area contributed by atoms with Gasteiger partial charge in [-0.2, -0.15) is 0 Å². The van der Waals surface area contributed by atoms with E-state index in [1.807, 2.05) is 0 Å². The van der Waals surface area contributed by atoms with Gasteiger partial charge in [0.05, 0.1) is 5.60 Å². The van der Waals surface area contributed by atoms with Crippen LogP contribution in [-0.4, -0.2) is 40.4 Å². The van der Waals surface area contributed by atoms with Crippen molar-refractivity contribution in [2.45, 2.75) is 25.4 Å². The maximum absolute atomic E-state index is 11.2. The number of rotatable bonds is 3. The molecule has 0 saturated carbocycles. The zero-order valence-electron chi connectivity index (χ0n) is 9.82. The van der Waals surface area contributed by atoms with E-state index in [9.17, 15) is 9.90 Å². The molecule has 1 aromatic heterocycles. The van der Waals surface area contributed by atoms with E-state index in [-0.39, 0.29) is 5.56 Å². The van der Waals surface area contributed by atoms with Gasteiger partial charge in [0.25, 0.3) is 5.56 Å². The normalized spacial score (nSPS) is 18.9. The number of nitrogens with one attached hydrogen (secondary N) is 2. The molecule has 1 aliphatic heterocycles. The second-order valence-electron chi connectivity index (χ2n) is 4.41. The van der Waals surface area contributed by atoms with Crippen molar-refractivity contribution in [1.82, 2.24) is 9.97 Å². The van der Waals surface area contributed by atoms with Gasteiger partial charge in [-0.25, -0.2) is 4.98 Å². The molecule has 2 heterocycles. The lowest BCUT2D eigenvalue weighted by molar-refractivity contribution is -0.0543. The summed E-state index contributed by atoms with van der Waals surface area (Å²) in [5.41, 5.74) is -0.963. The van der Waals surface area contributed by atoms with Gasteiger partial charge < -0.3 is 20.1 Å². The average molecular weight is 239 g/mol. The molecular formula is C11H17N3O3. The second-order valence-corrected chi connectivity index (χ2v) is 4.41. The molecule has 17 heavy (non-hydrogen) atoms. The van der Waals surface area contributed by atoms with Gasteiger partial charge in [0.1, 0.15) is 11.6 Å². The summed E-state index contributed by atoms with van der Waals surface area (Å²) in [6.45, 7) is 3.24. The molecule has 0 aromatic carbocycles. The van der Waals surface area contributed by atoms with Crippen molar-refractivity contribution >= 4 is 5.82 Å². The maximum atomic E-state index is 11.2. The van der Waals surface area contributed by atoms with Crippen molar-refractivity contribution in [2.75, 3.05) is 25.1 Å². The number of H-pyrrole nitrogens is 1. The molecule has 2 rings (SSSR count). The van der Waals surface area contributed by atoms with Crippen LogP contribution in [0, 0.1) is 6.92 Å². The van der Waals surface area contributed by atoms with E-state index in [1.54, 1.807) is 6.92 Å². The molecule has 0 aliphatic carbocycles. The molecule has 0 spiro atoms. The molecule has 6 nitrogen and oxygen atoms in total. The summed E-state index contributed by atoms with van der Waals surface area (Å²) in [4.78, 5) is 17.9. The van der Waals surface area contributed by atoms with Crippen LogP contribution in [0.15, 0.2) is 10.9 Å². The molecule has 1 fully saturated rings. The van der Waals surface area contributed by atoms with Gasteiger partial charge in [-0.3, -0.25) is 4.79 Å². The number of ether oxygens (including phenoxy) is 1. The monoisotopic (exact) mass is 239 g/mol. The first-order valence-corrected chi connectivity index (χ1v) is 5.69. The highest BCUT2D eigenvalue weighted by Gasteiger charge is 2.29. The van der Waals surface area contributed by atoms with E-state index in [2.05, 4.69) is 15.3 Å². The summed E-state index contributed by atoms with van der Waals surface area (Å²) in [5, 5.41) is 13.2. The molecule has 0 unspecified atom stereocenters. The highest BCUT2D eigenvalue weighted by atomic mass is 16.5. The Bertz CT molecular complexity index is 438. The van der Waals surface area contributed by atoms with E-state index in [0.717, 1.165) is 0 Å². The van der Waals surface area contributed by atoms with Crippen LogP contribution >= 0.6 is 0 Å². The first-order chi connectivity index (χ1) is 8.07. The molecule has 3 N–H and O–H groups in total. The number of nitrogens with zero attached hydrogens (tertiary/aromatic N) is 1. The number of anilines is 1. The number of hydrogen-bond donors (Lipinski definition) is 3. The Morgan fingerprint density at radius 2 is 2.29 bits per heavy atom. The summed E-state index contributed by atoms with van der Waals surface area (Å²) in [6.07, 6.45) is 1.20. The topological polar surface area (TPSA) is 87.2 Å². The zero-order valence-corrected chi connectivity index (χ0v) is 9.82. The van der Waals surface area contributed by atoms with E-state index >= 15 is 0 Å². The van der Waals surface area contributed by atoms with E-state index in [4.69, 9.17) is 4.74 Å². The summed E-state index contributed by atoms with van der Waals surface area (Å²) in [7, 11) is 0. The van der Waals surface area contributed by atoms with Crippen molar-refractivity contribution in [1.29, 1.82) is 0 Å². The zero-order chi connectivity index (χ0) is 12.3. The third kappa shape index (κ3) is 3.28. The summed E-state index contributed by atoms with van der Waals surface area (Å²) in [5.74, 6) is 1.05. The molecule has 0 bridgehead atoms. The van der Waals surface area contributed by atoms with Crippen LogP contribution in [0.5, 0.6) is 0 Å². The fourth-order valence-corrected chi connectivity index (χ4v) is 1.85. The Labute approximate surface area is 99.0 Å². The Kier molecular flexibility index (Phi) is 3.44. The predicted molar refractivity (Wildman–Crippen MR) is 63.1 cm³/mol. The minimum atomic E-state index is -0.767. The molecule has 6 heteroatoms. The van der Waals surface area contributed by atoms with Gasteiger partial charge >= 0.3 is 0 Å². The van der Waals surface area contributed by atoms with Gasteiger partial charge in [-0.1, -0.05) is 0 Å². The van der Waals surface area contributed by atoms with Crippen LogP contribution in [0.4, 0.5) is 5.82 Å². The number of hydrogen-bond acceptors (Lipinski definition) is 5. The second kappa shape index (κ2) is 4.85. The standard InChI is InChI=1S/C11H17N3O3/c1-8-13-9(6-10(15)14-8)12-7-11(16)2-4-17-5-3-11/h6,16H,2-5,7H2,1H3,(H2,12,13,14,15). The van der Waals surface area contributed by atoms with Gasteiger partial charge in [0, 0.05) is 38.7 Å². The van der Waals surface area contributed by atoms with Gasteiger partial charge in [-0.05, 0) is 6.92 Å². The van der Waals surface area contributed by atoms with Crippen LogP contribution in [0.1, 0.15) is 18.7 Å². The third-order valence-electron chi connectivity index (χ3n) is 2.88. The quantitative estimate of drug-likeness (QED) is 0.692. The van der Waals surface area contributed by atoms with Gasteiger partial charge in [0.2, 0.25) is 0 Å².